The van der Waals surface area contributed by atoms with E-state index in [0.717, 1.165) is 31.3 Å². The van der Waals surface area contributed by atoms with Gasteiger partial charge in [-0.1, -0.05) is 6.92 Å². The first-order valence-corrected chi connectivity index (χ1v) is 5.58. The molecular formula is C11H19N5. The second-order valence-electron chi connectivity index (χ2n) is 4.68. The lowest BCUT2D eigenvalue weighted by Crippen LogP contribution is -2.67. The number of aromatic nitrogens is 2. The van der Waals surface area contributed by atoms with Crippen LogP contribution in [0, 0.1) is 0 Å². The van der Waals surface area contributed by atoms with Crippen molar-refractivity contribution in [2.24, 2.45) is 5.73 Å². The molecule has 0 bridgehead atoms. The smallest absolute Gasteiger partial charge is 0.226 e. The average molecular weight is 221 g/mol. The third kappa shape index (κ3) is 1.95. The zero-order valence-electron chi connectivity index (χ0n) is 10.1. The van der Waals surface area contributed by atoms with E-state index in [4.69, 9.17) is 5.73 Å². The second kappa shape index (κ2) is 3.90. The van der Waals surface area contributed by atoms with Crippen molar-refractivity contribution in [2.45, 2.75) is 18.9 Å². The molecule has 1 saturated heterocycles. The van der Waals surface area contributed by atoms with Gasteiger partial charge in [-0.15, -0.1) is 0 Å². The molecule has 0 unspecified atom stereocenters. The van der Waals surface area contributed by atoms with Gasteiger partial charge in [-0.05, 0) is 12.5 Å². The summed E-state index contributed by atoms with van der Waals surface area (Å²) >= 11 is 0. The molecule has 2 heterocycles. The summed E-state index contributed by atoms with van der Waals surface area (Å²) < 4.78 is 0. The molecule has 2 N–H and O–H groups in total. The normalized spacial score (nSPS) is 18.1. The zero-order valence-corrected chi connectivity index (χ0v) is 10.1. The molecule has 0 aliphatic carbocycles. The van der Waals surface area contributed by atoms with Gasteiger partial charge in [-0.25, -0.2) is 4.98 Å². The number of rotatable bonds is 3. The van der Waals surface area contributed by atoms with Crippen LogP contribution in [0.25, 0.3) is 0 Å². The molecule has 1 fully saturated rings. The van der Waals surface area contributed by atoms with Crippen LogP contribution in [0.1, 0.15) is 13.3 Å². The van der Waals surface area contributed by atoms with E-state index in [2.05, 4.69) is 21.8 Å². The monoisotopic (exact) mass is 221 g/mol. The highest BCUT2D eigenvalue weighted by Gasteiger charge is 2.38. The number of nitrogens with zero attached hydrogens (tertiary/aromatic N) is 4. The topological polar surface area (TPSA) is 58.3 Å². The fraction of sp³-hybridized carbons (Fsp3) is 0.636. The molecular weight excluding hydrogens is 202 g/mol. The lowest BCUT2D eigenvalue weighted by Gasteiger charge is -2.48. The van der Waals surface area contributed by atoms with Crippen molar-refractivity contribution >= 4 is 11.8 Å². The first-order chi connectivity index (χ1) is 7.54. The van der Waals surface area contributed by atoms with Crippen LogP contribution in [0.3, 0.4) is 0 Å². The van der Waals surface area contributed by atoms with Crippen molar-refractivity contribution in [2.75, 3.05) is 37.0 Å². The minimum Gasteiger partial charge on any atom is -0.353 e. The maximum absolute atomic E-state index is 6.13. The Bertz CT molecular complexity index is 370. The number of anilines is 2. The van der Waals surface area contributed by atoms with E-state index in [1.807, 2.05) is 25.1 Å². The first kappa shape index (κ1) is 11.1. The molecule has 1 aromatic rings. The SMILES string of the molecule is CCC1(N)CN(c2ccnc(N(C)C)n2)C1. The number of hydrogen-bond acceptors (Lipinski definition) is 5. The molecule has 16 heavy (non-hydrogen) atoms. The fourth-order valence-electron chi connectivity index (χ4n) is 1.83. The number of hydrogen-bond donors (Lipinski definition) is 1. The minimum atomic E-state index is -0.0246. The molecule has 1 aliphatic rings. The van der Waals surface area contributed by atoms with Crippen LogP contribution in [0.15, 0.2) is 12.3 Å². The highest BCUT2D eigenvalue weighted by molar-refractivity contribution is 5.47. The van der Waals surface area contributed by atoms with Gasteiger partial charge in [0.25, 0.3) is 0 Å². The predicted molar refractivity (Wildman–Crippen MR) is 65.8 cm³/mol. The van der Waals surface area contributed by atoms with Gasteiger partial charge in [0.15, 0.2) is 0 Å². The van der Waals surface area contributed by atoms with Crippen LogP contribution in [-0.4, -0.2) is 42.7 Å². The predicted octanol–water partition coefficient (Wildman–Crippen LogP) is 0.470. The van der Waals surface area contributed by atoms with Gasteiger partial charge in [0.05, 0.1) is 5.54 Å². The summed E-state index contributed by atoms with van der Waals surface area (Å²) in [6.45, 7) is 3.89. The van der Waals surface area contributed by atoms with Crippen LogP contribution in [0.4, 0.5) is 11.8 Å². The summed E-state index contributed by atoms with van der Waals surface area (Å²) in [7, 11) is 3.88. The Morgan fingerprint density at radius 1 is 1.50 bits per heavy atom. The Morgan fingerprint density at radius 2 is 2.19 bits per heavy atom. The van der Waals surface area contributed by atoms with E-state index in [0.29, 0.717) is 0 Å². The lowest BCUT2D eigenvalue weighted by atomic mass is 9.88. The third-order valence-electron chi connectivity index (χ3n) is 3.07. The molecule has 1 aliphatic heterocycles. The molecule has 5 heteroatoms. The number of nitrogens with two attached hydrogens (primary N) is 1. The van der Waals surface area contributed by atoms with E-state index in [9.17, 15) is 0 Å². The van der Waals surface area contributed by atoms with Gasteiger partial charge in [0.1, 0.15) is 5.82 Å². The van der Waals surface area contributed by atoms with Gasteiger partial charge in [-0.3, -0.25) is 0 Å². The quantitative estimate of drug-likeness (QED) is 0.804. The van der Waals surface area contributed by atoms with E-state index < -0.39 is 0 Å². The van der Waals surface area contributed by atoms with Crippen molar-refractivity contribution in [1.82, 2.24) is 9.97 Å². The van der Waals surface area contributed by atoms with Crippen molar-refractivity contribution in [3.8, 4) is 0 Å². The van der Waals surface area contributed by atoms with Crippen LogP contribution in [0.2, 0.25) is 0 Å². The maximum atomic E-state index is 6.13. The average Bonchev–Trinajstić information content (AvgIpc) is 2.25. The Kier molecular flexibility index (Phi) is 2.71. The third-order valence-corrected chi connectivity index (χ3v) is 3.07. The highest BCUT2D eigenvalue weighted by atomic mass is 15.3. The van der Waals surface area contributed by atoms with E-state index in [-0.39, 0.29) is 5.54 Å². The van der Waals surface area contributed by atoms with Crippen LogP contribution in [-0.2, 0) is 0 Å². The zero-order chi connectivity index (χ0) is 11.8. The van der Waals surface area contributed by atoms with Crippen molar-refractivity contribution in [3.05, 3.63) is 12.3 Å². The molecule has 0 radical (unpaired) electrons. The van der Waals surface area contributed by atoms with E-state index >= 15 is 0 Å². The summed E-state index contributed by atoms with van der Waals surface area (Å²) in [6, 6.07) is 1.93. The summed E-state index contributed by atoms with van der Waals surface area (Å²) in [5.74, 6) is 1.71. The standard InChI is InChI=1S/C11H19N5/c1-4-11(12)7-16(8-11)9-5-6-13-10(14-9)15(2)3/h5-6H,4,7-8,12H2,1-3H3. The second-order valence-corrected chi connectivity index (χ2v) is 4.68. The Balaban J connectivity index is 2.09. The van der Waals surface area contributed by atoms with Crippen molar-refractivity contribution < 1.29 is 0 Å². The summed E-state index contributed by atoms with van der Waals surface area (Å²) in [4.78, 5) is 12.8. The van der Waals surface area contributed by atoms with Gasteiger partial charge in [0, 0.05) is 33.4 Å². The molecule has 5 nitrogen and oxygen atoms in total. The Hall–Kier alpha value is -1.36. The fourth-order valence-corrected chi connectivity index (χ4v) is 1.83. The Morgan fingerprint density at radius 3 is 2.75 bits per heavy atom. The van der Waals surface area contributed by atoms with Gasteiger partial charge in [-0.2, -0.15) is 4.98 Å². The summed E-state index contributed by atoms with van der Waals surface area (Å²) in [5.41, 5.74) is 6.11. The van der Waals surface area contributed by atoms with Crippen LogP contribution >= 0.6 is 0 Å². The van der Waals surface area contributed by atoms with Gasteiger partial charge >= 0.3 is 0 Å². The van der Waals surface area contributed by atoms with Crippen molar-refractivity contribution in [1.29, 1.82) is 0 Å². The molecule has 0 spiro atoms. The molecule has 0 aromatic carbocycles. The minimum absolute atomic E-state index is 0.0246. The Labute approximate surface area is 96.3 Å². The lowest BCUT2D eigenvalue weighted by molar-refractivity contribution is 0.320. The maximum Gasteiger partial charge on any atom is 0.226 e. The summed E-state index contributed by atoms with van der Waals surface area (Å²) in [5, 5.41) is 0. The van der Waals surface area contributed by atoms with Crippen LogP contribution in [0.5, 0.6) is 0 Å². The van der Waals surface area contributed by atoms with Crippen molar-refractivity contribution in [3.63, 3.8) is 0 Å². The van der Waals surface area contributed by atoms with Crippen LogP contribution < -0.4 is 15.5 Å². The molecule has 0 saturated carbocycles. The van der Waals surface area contributed by atoms with E-state index in [1.165, 1.54) is 0 Å². The molecule has 0 amide bonds. The largest absolute Gasteiger partial charge is 0.353 e. The molecule has 88 valence electrons. The first-order valence-electron chi connectivity index (χ1n) is 5.58. The molecule has 0 atom stereocenters. The molecule has 2 rings (SSSR count). The van der Waals surface area contributed by atoms with E-state index in [1.54, 1.807) is 6.20 Å². The van der Waals surface area contributed by atoms with Gasteiger partial charge < -0.3 is 15.5 Å². The highest BCUT2D eigenvalue weighted by Crippen LogP contribution is 2.26. The molecule has 1 aromatic heterocycles. The summed E-state index contributed by atoms with van der Waals surface area (Å²) in [6.07, 6.45) is 2.80. The van der Waals surface area contributed by atoms with Gasteiger partial charge in [0.2, 0.25) is 5.95 Å².